The van der Waals surface area contributed by atoms with Crippen molar-refractivity contribution in [2.24, 2.45) is 0 Å². The second-order valence-electron chi connectivity index (χ2n) is 6.12. The van der Waals surface area contributed by atoms with E-state index in [4.69, 9.17) is 14.5 Å². The van der Waals surface area contributed by atoms with E-state index in [1.54, 1.807) is 0 Å². The van der Waals surface area contributed by atoms with Crippen LogP contribution in [0.3, 0.4) is 0 Å². The number of nitrogens with zero attached hydrogens (tertiary/aromatic N) is 1. The van der Waals surface area contributed by atoms with Crippen LogP contribution in [0.25, 0.3) is 32.4 Å². The van der Waals surface area contributed by atoms with E-state index in [1.165, 1.54) is 27.3 Å². The molecule has 0 saturated carbocycles. The minimum absolute atomic E-state index is 0.290. The molecule has 0 bridgehead atoms. The molecular weight excluding hydrogens is 286 g/mol. The lowest BCUT2D eigenvalue weighted by Gasteiger charge is -2.10. The molecule has 0 fully saturated rings. The van der Waals surface area contributed by atoms with E-state index in [-0.39, 0.29) is 0 Å². The van der Waals surface area contributed by atoms with Gasteiger partial charge in [-0.15, -0.1) is 0 Å². The first-order chi connectivity index (χ1) is 11.2. The highest BCUT2D eigenvalue weighted by Gasteiger charge is 2.16. The van der Waals surface area contributed by atoms with Gasteiger partial charge in [0, 0.05) is 22.4 Å². The van der Waals surface area contributed by atoms with Gasteiger partial charge in [-0.3, -0.25) is 4.98 Å². The Morgan fingerprint density at radius 1 is 0.826 bits per heavy atom. The third-order valence-corrected chi connectivity index (χ3v) is 4.88. The summed E-state index contributed by atoms with van der Waals surface area (Å²) < 4.78 is 11.0. The van der Waals surface area contributed by atoms with Gasteiger partial charge >= 0.3 is 0 Å². The lowest BCUT2D eigenvalue weighted by molar-refractivity contribution is 0.174. The first-order valence-corrected chi connectivity index (χ1v) is 7.73. The summed E-state index contributed by atoms with van der Waals surface area (Å²) >= 11 is 0. The largest absolute Gasteiger partial charge is 0.454 e. The number of aryl methyl sites for hydroxylation is 2. The van der Waals surface area contributed by atoms with Crippen LogP contribution in [0.5, 0.6) is 11.5 Å². The Morgan fingerprint density at radius 2 is 1.61 bits per heavy atom. The molecule has 0 aliphatic carbocycles. The zero-order valence-corrected chi connectivity index (χ0v) is 13.0. The predicted molar refractivity (Wildman–Crippen MR) is 92.4 cm³/mol. The van der Waals surface area contributed by atoms with Crippen LogP contribution < -0.4 is 9.47 Å². The molecule has 0 saturated heterocycles. The van der Waals surface area contributed by atoms with Gasteiger partial charge in [-0.25, -0.2) is 0 Å². The van der Waals surface area contributed by atoms with Gasteiger partial charge in [0.25, 0.3) is 0 Å². The summed E-state index contributed by atoms with van der Waals surface area (Å²) in [6.45, 7) is 4.59. The molecule has 0 amide bonds. The molecule has 23 heavy (non-hydrogen) atoms. The van der Waals surface area contributed by atoms with Crippen molar-refractivity contribution in [2.45, 2.75) is 13.8 Å². The fourth-order valence-corrected chi connectivity index (χ4v) is 3.42. The maximum Gasteiger partial charge on any atom is 0.231 e. The maximum absolute atomic E-state index is 5.53. The molecule has 0 radical (unpaired) electrons. The topological polar surface area (TPSA) is 31.4 Å². The maximum atomic E-state index is 5.53. The first kappa shape index (κ1) is 12.7. The van der Waals surface area contributed by atoms with Crippen molar-refractivity contribution in [3.63, 3.8) is 0 Å². The highest BCUT2D eigenvalue weighted by Crippen LogP contribution is 2.39. The molecule has 3 heteroatoms. The van der Waals surface area contributed by atoms with Gasteiger partial charge in [0.1, 0.15) is 0 Å². The summed E-state index contributed by atoms with van der Waals surface area (Å²) in [4.78, 5) is 4.77. The smallest absolute Gasteiger partial charge is 0.231 e. The van der Waals surface area contributed by atoms with Gasteiger partial charge in [-0.05, 0) is 47.9 Å². The van der Waals surface area contributed by atoms with E-state index < -0.39 is 0 Å². The van der Waals surface area contributed by atoms with Crippen molar-refractivity contribution in [2.75, 3.05) is 6.79 Å². The molecule has 1 aliphatic heterocycles. The molecule has 112 valence electrons. The molecule has 1 aliphatic rings. The molecule has 0 N–H and O–H groups in total. The van der Waals surface area contributed by atoms with Crippen LogP contribution in [0.1, 0.15) is 11.1 Å². The standard InChI is InChI=1S/C20H15NO2/c1-11-3-5-14-15-6-4-13-7-18-19(23-10-22-18)8-16(13)20(15)21-9-17(14)12(11)2/h3-9H,10H2,1-2H3. The quantitative estimate of drug-likeness (QED) is 0.433. The number of hydrogen-bond acceptors (Lipinski definition) is 3. The van der Waals surface area contributed by atoms with E-state index in [0.29, 0.717) is 6.79 Å². The van der Waals surface area contributed by atoms with Crippen molar-refractivity contribution >= 4 is 32.4 Å². The average Bonchev–Trinajstić information content (AvgIpc) is 3.03. The fraction of sp³-hybridized carbons (Fsp3) is 0.150. The van der Waals surface area contributed by atoms with E-state index in [9.17, 15) is 0 Å². The molecular formula is C20H15NO2. The van der Waals surface area contributed by atoms with Crippen molar-refractivity contribution in [3.8, 4) is 11.5 Å². The minimum Gasteiger partial charge on any atom is -0.454 e. The third kappa shape index (κ3) is 1.67. The SMILES string of the molecule is Cc1ccc2c(cnc3c4cc5c(cc4ccc23)OCO5)c1C. The van der Waals surface area contributed by atoms with Crippen LogP contribution in [0.4, 0.5) is 0 Å². The molecule has 1 aromatic heterocycles. The monoisotopic (exact) mass is 301 g/mol. The van der Waals surface area contributed by atoms with Crippen molar-refractivity contribution in [1.29, 1.82) is 0 Å². The molecule has 0 unspecified atom stereocenters. The Morgan fingerprint density at radius 3 is 2.48 bits per heavy atom. The number of fused-ring (bicyclic) bond motifs is 6. The lowest BCUT2D eigenvalue weighted by Crippen LogP contribution is -1.92. The Hall–Kier alpha value is -2.81. The zero-order valence-electron chi connectivity index (χ0n) is 13.0. The second-order valence-corrected chi connectivity index (χ2v) is 6.12. The molecule has 0 spiro atoms. The van der Waals surface area contributed by atoms with Crippen LogP contribution in [0.15, 0.2) is 42.6 Å². The van der Waals surface area contributed by atoms with Crippen molar-refractivity contribution < 1.29 is 9.47 Å². The summed E-state index contributed by atoms with van der Waals surface area (Å²) in [5, 5.41) is 5.87. The average molecular weight is 301 g/mol. The predicted octanol–water partition coefficient (Wildman–Crippen LogP) is 4.89. The summed E-state index contributed by atoms with van der Waals surface area (Å²) in [5.74, 6) is 1.61. The van der Waals surface area contributed by atoms with Gasteiger partial charge in [0.15, 0.2) is 11.5 Å². The van der Waals surface area contributed by atoms with Crippen LogP contribution in [-0.4, -0.2) is 11.8 Å². The normalized spacial score (nSPS) is 13.3. The van der Waals surface area contributed by atoms with Crippen molar-refractivity contribution in [3.05, 3.63) is 53.7 Å². The van der Waals surface area contributed by atoms with Gasteiger partial charge in [-0.2, -0.15) is 0 Å². The summed E-state index contributed by atoms with van der Waals surface area (Å²) in [6.07, 6.45) is 1.99. The van der Waals surface area contributed by atoms with E-state index in [1.807, 2.05) is 18.3 Å². The number of hydrogen-bond donors (Lipinski definition) is 0. The number of aromatic nitrogens is 1. The first-order valence-electron chi connectivity index (χ1n) is 7.73. The highest BCUT2D eigenvalue weighted by atomic mass is 16.7. The van der Waals surface area contributed by atoms with Crippen LogP contribution in [0, 0.1) is 13.8 Å². The molecule has 3 nitrogen and oxygen atoms in total. The minimum atomic E-state index is 0.290. The van der Waals surface area contributed by atoms with Crippen LogP contribution in [0.2, 0.25) is 0 Å². The highest BCUT2D eigenvalue weighted by molar-refractivity contribution is 6.16. The third-order valence-electron chi connectivity index (χ3n) is 4.88. The molecule has 0 atom stereocenters. The molecule has 5 rings (SSSR count). The van der Waals surface area contributed by atoms with Gasteiger partial charge in [0.2, 0.25) is 6.79 Å². The van der Waals surface area contributed by atoms with Gasteiger partial charge < -0.3 is 9.47 Å². The summed E-state index contributed by atoms with van der Waals surface area (Å²) in [5.41, 5.74) is 3.60. The Bertz CT molecular complexity index is 1120. The number of benzene rings is 3. The van der Waals surface area contributed by atoms with Gasteiger partial charge in [0.05, 0.1) is 5.52 Å². The molecule has 3 aromatic carbocycles. The van der Waals surface area contributed by atoms with E-state index in [0.717, 1.165) is 27.8 Å². The van der Waals surface area contributed by atoms with Crippen molar-refractivity contribution in [1.82, 2.24) is 4.98 Å². The Kier molecular flexibility index (Phi) is 2.41. The summed E-state index contributed by atoms with van der Waals surface area (Å²) in [7, 11) is 0. The Labute approximate surface area is 133 Å². The van der Waals surface area contributed by atoms with Crippen LogP contribution >= 0.6 is 0 Å². The van der Waals surface area contributed by atoms with E-state index in [2.05, 4.69) is 38.1 Å². The number of pyridine rings is 1. The summed E-state index contributed by atoms with van der Waals surface area (Å²) in [6, 6.07) is 12.7. The van der Waals surface area contributed by atoms with Gasteiger partial charge in [-0.1, -0.05) is 24.3 Å². The fourth-order valence-electron chi connectivity index (χ4n) is 3.42. The molecule has 2 heterocycles. The second kappa shape index (κ2) is 4.35. The number of ether oxygens (including phenoxy) is 2. The zero-order chi connectivity index (χ0) is 15.6. The Balaban J connectivity index is 1.95. The van der Waals surface area contributed by atoms with E-state index >= 15 is 0 Å². The van der Waals surface area contributed by atoms with Crippen LogP contribution in [-0.2, 0) is 0 Å². The lowest BCUT2D eigenvalue weighted by atomic mass is 9.97. The number of rotatable bonds is 0. The molecule has 4 aromatic rings.